The fourth-order valence-corrected chi connectivity index (χ4v) is 17.0. The number of Topliss-reactive ketones (excluding diaryl/α,β-unsaturated/α-hetero) is 1. The van der Waals surface area contributed by atoms with Crippen molar-refractivity contribution in [3.63, 3.8) is 0 Å². The number of carbonyl (C=O) groups is 1. The Kier molecular flexibility index (Phi) is 11.0. The summed E-state index contributed by atoms with van der Waals surface area (Å²) in [6, 6.07) is 10.8. The Morgan fingerprint density at radius 2 is 1.79 bits per heavy atom. The molecule has 2 aliphatic carbocycles. The first-order chi connectivity index (χ1) is 19.9. The molecule has 2 saturated heterocycles. The fraction of sp³-hybridized carbons (Fsp3) is 0.639. The van der Waals surface area contributed by atoms with E-state index in [0.29, 0.717) is 42.0 Å². The van der Waals surface area contributed by atoms with Crippen LogP contribution in [0.1, 0.15) is 81.1 Å². The van der Waals surface area contributed by atoms with Crippen molar-refractivity contribution in [3.8, 4) is 0 Å². The van der Waals surface area contributed by atoms with Crippen molar-refractivity contribution in [2.45, 2.75) is 108 Å². The van der Waals surface area contributed by atoms with E-state index < -0.39 is 8.32 Å². The van der Waals surface area contributed by atoms with Crippen LogP contribution in [0.4, 0.5) is 0 Å². The first-order valence-corrected chi connectivity index (χ1v) is 19.9. The molecule has 3 fully saturated rings. The van der Waals surface area contributed by atoms with Crippen molar-refractivity contribution in [2.24, 2.45) is 23.7 Å². The summed E-state index contributed by atoms with van der Waals surface area (Å²) >= 11 is 0.0471. The molecule has 2 aliphatic heterocycles. The number of rotatable bonds is 13. The molecule has 0 radical (unpaired) electrons. The van der Waals surface area contributed by atoms with E-state index in [9.17, 15) is 4.79 Å². The number of hydrogen-bond donors (Lipinski definition) is 0. The van der Waals surface area contributed by atoms with Gasteiger partial charge in [0.2, 0.25) is 0 Å². The molecule has 4 nitrogen and oxygen atoms in total. The van der Waals surface area contributed by atoms with Crippen LogP contribution in [0.3, 0.4) is 0 Å². The van der Waals surface area contributed by atoms with Crippen LogP contribution in [-0.2, 0) is 18.7 Å². The van der Waals surface area contributed by atoms with Gasteiger partial charge in [-0.05, 0) is 0 Å². The molecule has 232 valence electrons. The first kappa shape index (κ1) is 33.6. The van der Waals surface area contributed by atoms with Crippen molar-refractivity contribution in [2.75, 3.05) is 13.7 Å². The second-order valence-corrected chi connectivity index (χ2v) is 22.1. The molecule has 1 saturated carbocycles. The molecular weight excluding hydrogens is 603 g/mol. The summed E-state index contributed by atoms with van der Waals surface area (Å²) < 4.78 is 21.3. The Labute approximate surface area is 263 Å². The van der Waals surface area contributed by atoms with E-state index in [0.717, 1.165) is 18.4 Å². The van der Waals surface area contributed by atoms with Gasteiger partial charge in [0.05, 0.1) is 0 Å². The number of benzene rings is 1. The fourth-order valence-electron chi connectivity index (χ4n) is 8.49. The zero-order valence-electron chi connectivity index (χ0n) is 27.4. The standard InChI is InChI=1S/C36H54O4SeSi/c1-23(2)34-31-19-27(9)36(40-35(31)38-10,41-30-16-12-11-13-17-30)32(34)21-28(20-29-15-14-18-33(29)37)22-39-42(24(3)4,25(5)6)26(7)8/h11-13,15-17,21,24-27,31-32,34-35H,1,14,18-20,22H2,2-10H3/b28-21+/t27-,31-,32+,34-,35?,36?/m1/s1. The van der Waals surface area contributed by atoms with E-state index in [4.69, 9.17) is 13.9 Å². The monoisotopic (exact) mass is 658 g/mol. The van der Waals surface area contributed by atoms with Gasteiger partial charge in [-0.1, -0.05) is 0 Å². The molecule has 0 spiro atoms. The van der Waals surface area contributed by atoms with Gasteiger partial charge in [-0.2, -0.15) is 0 Å². The quantitative estimate of drug-likeness (QED) is 0.160. The van der Waals surface area contributed by atoms with Crippen LogP contribution >= 0.6 is 0 Å². The van der Waals surface area contributed by atoms with Crippen LogP contribution in [0.2, 0.25) is 16.6 Å². The molecule has 5 rings (SSSR count). The number of carbonyl (C=O) groups excluding carboxylic acids is 1. The molecule has 0 amide bonds. The molecule has 2 heterocycles. The second-order valence-electron chi connectivity index (χ2n) is 13.9. The number of fused-ring (bicyclic) bond motifs is 3. The van der Waals surface area contributed by atoms with E-state index in [1.54, 1.807) is 7.11 Å². The number of hydrogen-bond acceptors (Lipinski definition) is 4. The number of ketones is 1. The van der Waals surface area contributed by atoms with Gasteiger partial charge in [0.1, 0.15) is 0 Å². The van der Waals surface area contributed by atoms with Gasteiger partial charge >= 0.3 is 264 Å². The molecule has 2 bridgehead atoms. The van der Waals surface area contributed by atoms with Crippen molar-refractivity contribution in [1.82, 2.24) is 0 Å². The zero-order chi connectivity index (χ0) is 30.8. The third-order valence-electron chi connectivity index (χ3n) is 10.3. The molecule has 42 heavy (non-hydrogen) atoms. The molecule has 1 aromatic rings. The van der Waals surface area contributed by atoms with Gasteiger partial charge in [-0.3, -0.25) is 0 Å². The molecule has 2 unspecified atom stereocenters. The molecule has 0 N–H and O–H groups in total. The maximum absolute atomic E-state index is 12.9. The van der Waals surface area contributed by atoms with Gasteiger partial charge in [-0.15, -0.1) is 0 Å². The second kappa shape index (κ2) is 13.8. The molecule has 4 aliphatic rings. The van der Waals surface area contributed by atoms with Crippen molar-refractivity contribution >= 4 is 33.5 Å². The summed E-state index contributed by atoms with van der Waals surface area (Å²) in [4.78, 5) is 12.9. The van der Waals surface area contributed by atoms with Crippen molar-refractivity contribution in [3.05, 3.63) is 65.8 Å². The Morgan fingerprint density at radius 1 is 1.14 bits per heavy atom. The molecule has 1 aromatic carbocycles. The number of ether oxygens (including phenoxy) is 2. The zero-order valence-corrected chi connectivity index (χ0v) is 30.2. The van der Waals surface area contributed by atoms with E-state index in [-0.39, 0.29) is 49.3 Å². The van der Waals surface area contributed by atoms with Crippen molar-refractivity contribution < 1.29 is 18.7 Å². The van der Waals surface area contributed by atoms with Crippen molar-refractivity contribution in [1.29, 1.82) is 0 Å². The minimum atomic E-state index is -2.10. The predicted octanol–water partition coefficient (Wildman–Crippen LogP) is 7.98. The number of allylic oxidation sites excluding steroid dienone is 3. The summed E-state index contributed by atoms with van der Waals surface area (Å²) in [5.74, 6) is 1.29. The normalized spacial score (nSPS) is 30.1. The van der Waals surface area contributed by atoms with E-state index in [1.165, 1.54) is 15.6 Å². The Balaban J connectivity index is 1.83. The van der Waals surface area contributed by atoms with Crippen LogP contribution in [0.15, 0.2) is 65.8 Å². The summed E-state index contributed by atoms with van der Waals surface area (Å²) in [7, 11) is -0.322. The van der Waals surface area contributed by atoms with Gasteiger partial charge in [0.15, 0.2) is 0 Å². The molecular formula is C36H54O4SeSi. The van der Waals surface area contributed by atoms with Crippen LogP contribution in [-0.4, -0.2) is 53.6 Å². The summed E-state index contributed by atoms with van der Waals surface area (Å²) in [5.41, 5.74) is 4.87. The Morgan fingerprint density at radius 3 is 2.31 bits per heavy atom. The third-order valence-corrected chi connectivity index (χ3v) is 19.7. The molecule has 6 heteroatoms. The first-order valence-electron chi connectivity index (χ1n) is 16.0. The van der Waals surface area contributed by atoms with Crippen LogP contribution in [0.25, 0.3) is 0 Å². The summed E-state index contributed by atoms with van der Waals surface area (Å²) in [5, 5.41) is 0. The SMILES string of the molecule is C=C(C)[C@@H]1[C@H]2C[C@@H](C)C([Se]c3ccccc3)(OC2OC)[C@H]1/C=C(/CO[Si](C(C)C)(C(C)C)C(C)C)CC1=CCCC1=O. The van der Waals surface area contributed by atoms with E-state index >= 15 is 0 Å². The average molecular weight is 658 g/mol. The molecule has 0 aromatic heterocycles. The van der Waals surface area contributed by atoms with E-state index in [1.807, 2.05) is 0 Å². The van der Waals surface area contributed by atoms with Gasteiger partial charge in [0, 0.05) is 0 Å². The van der Waals surface area contributed by atoms with Gasteiger partial charge in [-0.25, -0.2) is 0 Å². The number of methoxy groups -OCH3 is 1. The topological polar surface area (TPSA) is 44.8 Å². The third kappa shape index (κ3) is 6.41. The van der Waals surface area contributed by atoms with Crippen LogP contribution in [0, 0.1) is 23.7 Å². The van der Waals surface area contributed by atoms with Crippen LogP contribution in [0.5, 0.6) is 0 Å². The average Bonchev–Trinajstić information content (AvgIpc) is 3.33. The predicted molar refractivity (Wildman–Crippen MR) is 178 cm³/mol. The summed E-state index contributed by atoms with van der Waals surface area (Å²) in [6.45, 7) is 23.7. The van der Waals surface area contributed by atoms with E-state index in [2.05, 4.69) is 104 Å². The molecule has 6 atom stereocenters. The summed E-state index contributed by atoms with van der Waals surface area (Å²) in [6.07, 6.45) is 7.61. The van der Waals surface area contributed by atoms with Gasteiger partial charge < -0.3 is 0 Å². The van der Waals surface area contributed by atoms with Gasteiger partial charge in [0.25, 0.3) is 0 Å². The van der Waals surface area contributed by atoms with Crippen LogP contribution < -0.4 is 4.46 Å². The Bertz CT molecular complexity index is 1150. The minimum absolute atomic E-state index is 0.0471. The Hall–Kier alpha value is -1.27. The maximum atomic E-state index is 12.9.